The highest BCUT2D eigenvalue weighted by Crippen LogP contribution is 2.24. The molecule has 0 saturated carbocycles. The highest BCUT2D eigenvalue weighted by molar-refractivity contribution is 5.82. The first kappa shape index (κ1) is 14.3. The van der Waals surface area contributed by atoms with E-state index in [1.54, 1.807) is 12.1 Å². The number of hydrogen-bond acceptors (Lipinski definition) is 6. The minimum Gasteiger partial charge on any atom is -0.467 e. The maximum absolute atomic E-state index is 11.9. The van der Waals surface area contributed by atoms with Gasteiger partial charge in [0, 0.05) is 6.20 Å². The molecule has 1 aromatic carbocycles. The van der Waals surface area contributed by atoms with E-state index in [-0.39, 0.29) is 0 Å². The van der Waals surface area contributed by atoms with E-state index in [1.807, 2.05) is 24.3 Å². The number of nitrogens with two attached hydrogens (primary N) is 1. The van der Waals surface area contributed by atoms with Crippen LogP contribution in [0.1, 0.15) is 17.2 Å². The van der Waals surface area contributed by atoms with Crippen LogP contribution in [0, 0.1) is 11.3 Å². The summed E-state index contributed by atoms with van der Waals surface area (Å²) >= 11 is 0. The van der Waals surface area contributed by atoms with Gasteiger partial charge in [-0.25, -0.2) is 9.78 Å². The molecule has 1 heterocycles. The summed E-state index contributed by atoms with van der Waals surface area (Å²) < 4.78 is 4.80. The Morgan fingerprint density at radius 2 is 2.14 bits per heavy atom. The number of anilines is 2. The number of nitriles is 1. The third kappa shape index (κ3) is 3.28. The number of nitrogens with one attached hydrogen (secondary N) is 1. The van der Waals surface area contributed by atoms with Gasteiger partial charge in [-0.15, -0.1) is 0 Å². The van der Waals surface area contributed by atoms with Crippen LogP contribution in [-0.4, -0.2) is 18.1 Å². The standard InChI is InChI=1S/C15H14N4O2/c1-21-15(20)13(11-5-3-2-4-6-11)19-14-12(17)7-10(8-16)9-18-14/h2-7,9,13H,17H2,1H3,(H,18,19). The zero-order valence-electron chi connectivity index (χ0n) is 11.4. The summed E-state index contributed by atoms with van der Waals surface area (Å²) in [7, 11) is 1.31. The first-order valence-corrected chi connectivity index (χ1v) is 6.20. The molecule has 6 nitrogen and oxygen atoms in total. The Morgan fingerprint density at radius 3 is 2.71 bits per heavy atom. The van der Waals surface area contributed by atoms with Crippen molar-refractivity contribution in [1.82, 2.24) is 4.98 Å². The summed E-state index contributed by atoms with van der Waals surface area (Å²) in [6.07, 6.45) is 1.39. The van der Waals surface area contributed by atoms with Crippen molar-refractivity contribution < 1.29 is 9.53 Å². The normalized spacial score (nSPS) is 11.2. The molecule has 0 aliphatic rings. The number of hydrogen-bond donors (Lipinski definition) is 2. The molecule has 1 aromatic heterocycles. The number of aromatic nitrogens is 1. The number of nitrogens with zero attached hydrogens (tertiary/aromatic N) is 2. The third-order valence-corrected chi connectivity index (χ3v) is 2.90. The van der Waals surface area contributed by atoms with Crippen molar-refractivity contribution in [3.05, 3.63) is 53.7 Å². The lowest BCUT2D eigenvalue weighted by Crippen LogP contribution is -2.23. The van der Waals surface area contributed by atoms with Gasteiger partial charge in [0.1, 0.15) is 11.9 Å². The molecular weight excluding hydrogens is 268 g/mol. The Hall–Kier alpha value is -3.07. The molecule has 1 unspecified atom stereocenters. The van der Waals surface area contributed by atoms with Gasteiger partial charge in [0.2, 0.25) is 0 Å². The number of nitrogen functional groups attached to an aromatic ring is 1. The lowest BCUT2D eigenvalue weighted by molar-refractivity contribution is -0.141. The number of ether oxygens (including phenoxy) is 1. The van der Waals surface area contributed by atoms with Gasteiger partial charge in [-0.05, 0) is 11.6 Å². The monoisotopic (exact) mass is 282 g/mol. The summed E-state index contributed by atoms with van der Waals surface area (Å²) in [4.78, 5) is 16.0. The van der Waals surface area contributed by atoms with Crippen LogP contribution in [0.2, 0.25) is 0 Å². The highest BCUT2D eigenvalue weighted by atomic mass is 16.5. The molecule has 2 rings (SSSR count). The molecule has 0 aliphatic carbocycles. The first-order valence-electron chi connectivity index (χ1n) is 6.20. The van der Waals surface area contributed by atoms with Crippen molar-refractivity contribution in [2.24, 2.45) is 0 Å². The van der Waals surface area contributed by atoms with Crippen molar-refractivity contribution in [2.45, 2.75) is 6.04 Å². The number of methoxy groups -OCH3 is 1. The summed E-state index contributed by atoms with van der Waals surface area (Å²) in [5.74, 6) is -0.125. The highest BCUT2D eigenvalue weighted by Gasteiger charge is 2.22. The number of rotatable bonds is 4. The van der Waals surface area contributed by atoms with Crippen molar-refractivity contribution >= 4 is 17.5 Å². The number of carbonyl (C=O) groups is 1. The molecule has 0 spiro atoms. The van der Waals surface area contributed by atoms with Crippen molar-refractivity contribution in [1.29, 1.82) is 5.26 Å². The van der Waals surface area contributed by atoms with Crippen molar-refractivity contribution in [2.75, 3.05) is 18.2 Å². The van der Waals surface area contributed by atoms with Gasteiger partial charge in [0.15, 0.2) is 6.04 Å². The van der Waals surface area contributed by atoms with Gasteiger partial charge < -0.3 is 15.8 Å². The molecule has 3 N–H and O–H groups in total. The lowest BCUT2D eigenvalue weighted by atomic mass is 10.1. The van der Waals surface area contributed by atoms with E-state index in [0.29, 0.717) is 17.1 Å². The first-order chi connectivity index (χ1) is 10.2. The maximum atomic E-state index is 11.9. The van der Waals surface area contributed by atoms with Crippen LogP contribution in [0.25, 0.3) is 0 Å². The SMILES string of the molecule is COC(=O)C(Nc1ncc(C#N)cc1N)c1ccccc1. The third-order valence-electron chi connectivity index (χ3n) is 2.90. The van der Waals surface area contributed by atoms with Gasteiger partial charge in [0.25, 0.3) is 0 Å². The van der Waals surface area contributed by atoms with Crippen LogP contribution in [0.4, 0.5) is 11.5 Å². The quantitative estimate of drug-likeness (QED) is 0.830. The van der Waals surface area contributed by atoms with E-state index in [0.717, 1.165) is 5.56 Å². The smallest absolute Gasteiger partial charge is 0.333 e. The molecule has 0 bridgehead atoms. The minimum atomic E-state index is -0.723. The van der Waals surface area contributed by atoms with Crippen LogP contribution in [0.5, 0.6) is 0 Å². The molecule has 1 atom stereocenters. The van der Waals surface area contributed by atoms with Gasteiger partial charge in [-0.2, -0.15) is 5.26 Å². The van der Waals surface area contributed by atoms with Gasteiger partial charge in [-0.1, -0.05) is 30.3 Å². The average Bonchev–Trinajstić information content (AvgIpc) is 2.53. The van der Waals surface area contributed by atoms with Crippen LogP contribution >= 0.6 is 0 Å². The van der Waals surface area contributed by atoms with Crippen molar-refractivity contribution in [3.8, 4) is 6.07 Å². The van der Waals surface area contributed by atoms with Crippen LogP contribution in [-0.2, 0) is 9.53 Å². The zero-order valence-corrected chi connectivity index (χ0v) is 11.4. The molecule has 6 heteroatoms. The fourth-order valence-electron chi connectivity index (χ4n) is 1.84. The Balaban J connectivity index is 2.32. The average molecular weight is 282 g/mol. The predicted octanol–water partition coefficient (Wildman–Crippen LogP) is 1.86. The molecule has 21 heavy (non-hydrogen) atoms. The Morgan fingerprint density at radius 1 is 1.43 bits per heavy atom. The molecule has 2 aromatic rings. The van der Waals surface area contributed by atoms with Gasteiger partial charge in [0.05, 0.1) is 18.4 Å². The van der Waals surface area contributed by atoms with E-state index in [1.165, 1.54) is 19.4 Å². The molecule has 0 aliphatic heterocycles. The van der Waals surface area contributed by atoms with E-state index >= 15 is 0 Å². The van der Waals surface area contributed by atoms with Crippen molar-refractivity contribution in [3.63, 3.8) is 0 Å². The topological polar surface area (TPSA) is 101 Å². The summed E-state index contributed by atoms with van der Waals surface area (Å²) in [6.45, 7) is 0. The second-order valence-electron chi connectivity index (χ2n) is 4.28. The summed E-state index contributed by atoms with van der Waals surface area (Å²) in [6, 6.07) is 11.8. The molecular formula is C15H14N4O2. The van der Waals surface area contributed by atoms with E-state index in [4.69, 9.17) is 15.7 Å². The fourth-order valence-corrected chi connectivity index (χ4v) is 1.84. The molecule has 0 saturated heterocycles. The predicted molar refractivity (Wildman–Crippen MR) is 78.2 cm³/mol. The molecule has 0 radical (unpaired) electrons. The van der Waals surface area contributed by atoms with Crippen LogP contribution in [0.15, 0.2) is 42.6 Å². The van der Waals surface area contributed by atoms with E-state index in [9.17, 15) is 4.79 Å². The lowest BCUT2D eigenvalue weighted by Gasteiger charge is -2.18. The van der Waals surface area contributed by atoms with Crippen LogP contribution < -0.4 is 11.1 Å². The summed E-state index contributed by atoms with van der Waals surface area (Å²) in [5, 5.41) is 11.7. The Bertz CT molecular complexity index is 680. The molecule has 106 valence electrons. The Labute approximate surface area is 122 Å². The largest absolute Gasteiger partial charge is 0.467 e. The second-order valence-corrected chi connectivity index (χ2v) is 4.28. The van der Waals surface area contributed by atoms with Gasteiger partial charge in [-0.3, -0.25) is 0 Å². The minimum absolute atomic E-state index is 0.291. The van der Waals surface area contributed by atoms with E-state index in [2.05, 4.69) is 10.3 Å². The Kier molecular flexibility index (Phi) is 4.36. The number of esters is 1. The maximum Gasteiger partial charge on any atom is 0.333 e. The number of benzene rings is 1. The number of pyridine rings is 1. The van der Waals surface area contributed by atoms with E-state index < -0.39 is 12.0 Å². The fraction of sp³-hybridized carbons (Fsp3) is 0.133. The van der Waals surface area contributed by atoms with Crippen LogP contribution in [0.3, 0.4) is 0 Å². The number of carbonyl (C=O) groups excluding carboxylic acids is 1. The molecule has 0 amide bonds. The summed E-state index contributed by atoms with van der Waals surface area (Å²) in [5.41, 5.74) is 7.21. The zero-order chi connectivity index (χ0) is 15.2. The second kappa shape index (κ2) is 6.39. The molecule has 0 fully saturated rings. The van der Waals surface area contributed by atoms with Gasteiger partial charge >= 0.3 is 5.97 Å².